The highest BCUT2D eigenvalue weighted by Crippen LogP contribution is 2.33. The number of benzene rings is 2. The molecule has 0 aliphatic carbocycles. The Morgan fingerprint density at radius 1 is 1.18 bits per heavy atom. The number of thioether (sulfide) groups is 1. The maximum Gasteiger partial charge on any atom is 0.305 e. The fraction of sp³-hybridized carbons (Fsp3) is 0.304. The average molecular weight is 393 g/mol. The molecule has 2 atom stereocenters. The molecular weight excluding hydrogens is 368 g/mol. The quantitative estimate of drug-likeness (QED) is 0.512. The predicted molar refractivity (Wildman–Crippen MR) is 116 cm³/mol. The first-order chi connectivity index (χ1) is 13.8. The molecule has 4 rings (SSSR count). The summed E-state index contributed by atoms with van der Waals surface area (Å²) in [6.07, 6.45) is 10.5. The molecule has 0 fully saturated rings. The van der Waals surface area contributed by atoms with Crippen LogP contribution in [0.5, 0.6) is 0 Å². The molecule has 2 aromatic rings. The molecule has 2 heterocycles. The SMILES string of the molecule is COC(=O)CCCSC1N=C2C=CC=CN2C1Cc1cccc2ccccc12. The Morgan fingerprint density at radius 2 is 2.04 bits per heavy atom. The molecule has 5 heteroatoms. The van der Waals surface area contributed by atoms with Crippen LogP contribution < -0.4 is 0 Å². The van der Waals surface area contributed by atoms with E-state index >= 15 is 0 Å². The molecule has 2 aliphatic heterocycles. The number of methoxy groups -OCH3 is 1. The number of ether oxygens (including phenoxy) is 1. The summed E-state index contributed by atoms with van der Waals surface area (Å²) in [6.45, 7) is 0. The van der Waals surface area contributed by atoms with Crippen LogP contribution in [0.25, 0.3) is 10.8 Å². The van der Waals surface area contributed by atoms with Crippen LogP contribution in [0.1, 0.15) is 18.4 Å². The zero-order chi connectivity index (χ0) is 19.3. The minimum Gasteiger partial charge on any atom is -0.469 e. The first-order valence-corrected chi connectivity index (χ1v) is 10.7. The van der Waals surface area contributed by atoms with Crippen LogP contribution >= 0.6 is 11.8 Å². The van der Waals surface area contributed by atoms with E-state index < -0.39 is 0 Å². The molecule has 0 bridgehead atoms. The van der Waals surface area contributed by atoms with E-state index in [1.54, 1.807) is 0 Å². The summed E-state index contributed by atoms with van der Waals surface area (Å²) < 4.78 is 4.74. The Balaban J connectivity index is 1.51. The first-order valence-electron chi connectivity index (χ1n) is 9.62. The van der Waals surface area contributed by atoms with Crippen LogP contribution in [-0.4, -0.2) is 41.0 Å². The first kappa shape index (κ1) is 18.8. The van der Waals surface area contributed by atoms with Gasteiger partial charge in [0.15, 0.2) is 0 Å². The lowest BCUT2D eigenvalue weighted by molar-refractivity contribution is -0.140. The van der Waals surface area contributed by atoms with E-state index in [0.29, 0.717) is 6.42 Å². The highest BCUT2D eigenvalue weighted by molar-refractivity contribution is 7.99. The molecule has 0 aromatic heterocycles. The second kappa shape index (κ2) is 8.65. The fourth-order valence-electron chi connectivity index (χ4n) is 3.76. The predicted octanol–water partition coefficient (Wildman–Crippen LogP) is 4.56. The lowest BCUT2D eigenvalue weighted by Gasteiger charge is -2.28. The summed E-state index contributed by atoms with van der Waals surface area (Å²) in [4.78, 5) is 18.6. The van der Waals surface area contributed by atoms with Crippen molar-refractivity contribution in [2.24, 2.45) is 4.99 Å². The van der Waals surface area contributed by atoms with E-state index in [4.69, 9.17) is 9.73 Å². The van der Waals surface area contributed by atoms with Gasteiger partial charge in [0, 0.05) is 12.6 Å². The maximum absolute atomic E-state index is 11.4. The highest BCUT2D eigenvalue weighted by atomic mass is 32.2. The fourth-order valence-corrected chi connectivity index (χ4v) is 4.94. The van der Waals surface area contributed by atoms with Gasteiger partial charge >= 0.3 is 5.97 Å². The summed E-state index contributed by atoms with van der Waals surface area (Å²) in [7, 11) is 1.44. The Bertz CT molecular complexity index is 945. The number of nitrogens with zero attached hydrogens (tertiary/aromatic N) is 2. The van der Waals surface area contributed by atoms with Gasteiger partial charge in [0.1, 0.15) is 11.2 Å². The minimum atomic E-state index is -0.145. The van der Waals surface area contributed by atoms with Crippen LogP contribution in [0.15, 0.2) is 71.9 Å². The van der Waals surface area contributed by atoms with Gasteiger partial charge in [-0.25, -0.2) is 0 Å². The van der Waals surface area contributed by atoms with Crippen molar-refractivity contribution in [1.82, 2.24) is 4.90 Å². The molecule has 0 saturated heterocycles. The van der Waals surface area contributed by atoms with Crippen LogP contribution in [0, 0.1) is 0 Å². The number of hydrogen-bond donors (Lipinski definition) is 0. The zero-order valence-corrected chi connectivity index (χ0v) is 16.8. The van der Waals surface area contributed by atoms with Gasteiger partial charge in [-0.2, -0.15) is 0 Å². The van der Waals surface area contributed by atoms with Crippen molar-refractivity contribution in [3.8, 4) is 0 Å². The Kier molecular flexibility index (Phi) is 5.81. The summed E-state index contributed by atoms with van der Waals surface area (Å²) >= 11 is 1.83. The van der Waals surface area contributed by atoms with Crippen LogP contribution in [0.4, 0.5) is 0 Å². The van der Waals surface area contributed by atoms with Crippen molar-refractivity contribution in [3.05, 3.63) is 72.5 Å². The van der Waals surface area contributed by atoms with Gasteiger partial charge in [-0.3, -0.25) is 9.79 Å². The van der Waals surface area contributed by atoms with Crippen molar-refractivity contribution < 1.29 is 9.53 Å². The van der Waals surface area contributed by atoms with Gasteiger partial charge in [-0.15, -0.1) is 11.8 Å². The molecule has 144 valence electrons. The molecule has 2 aliphatic rings. The standard InChI is InChI=1S/C23H24N2O2S/c1-27-22(26)13-7-15-28-23-20(25-14-5-4-12-21(25)24-23)16-18-10-6-9-17-8-2-3-11-19(17)18/h2-6,8-12,14,20,23H,7,13,15-16H2,1H3. The number of carbonyl (C=O) groups excluding carboxylic acids is 1. The van der Waals surface area contributed by atoms with Crippen LogP contribution in [-0.2, 0) is 16.0 Å². The molecule has 0 amide bonds. The summed E-state index contributed by atoms with van der Waals surface area (Å²) in [5.74, 6) is 1.77. The van der Waals surface area contributed by atoms with Gasteiger partial charge in [0.2, 0.25) is 0 Å². The Hall–Kier alpha value is -2.53. The van der Waals surface area contributed by atoms with Crippen molar-refractivity contribution in [2.45, 2.75) is 30.7 Å². The number of aliphatic imine (C=N–C) groups is 1. The zero-order valence-electron chi connectivity index (χ0n) is 16.0. The summed E-state index contributed by atoms with van der Waals surface area (Å²) in [5, 5.41) is 2.74. The highest BCUT2D eigenvalue weighted by Gasteiger charge is 2.35. The smallest absolute Gasteiger partial charge is 0.305 e. The van der Waals surface area contributed by atoms with E-state index in [1.807, 2.05) is 17.8 Å². The third kappa shape index (κ3) is 3.99. The van der Waals surface area contributed by atoms with E-state index in [1.165, 1.54) is 23.4 Å². The van der Waals surface area contributed by atoms with Gasteiger partial charge in [-0.05, 0) is 47.1 Å². The number of rotatable bonds is 7. The largest absolute Gasteiger partial charge is 0.469 e. The monoisotopic (exact) mass is 392 g/mol. The van der Waals surface area contributed by atoms with Crippen molar-refractivity contribution >= 4 is 34.3 Å². The molecule has 0 spiro atoms. The van der Waals surface area contributed by atoms with E-state index in [9.17, 15) is 4.79 Å². The molecule has 4 nitrogen and oxygen atoms in total. The number of amidine groups is 1. The minimum absolute atomic E-state index is 0.145. The van der Waals surface area contributed by atoms with Crippen molar-refractivity contribution in [3.63, 3.8) is 0 Å². The number of fused-ring (bicyclic) bond motifs is 2. The molecule has 0 radical (unpaired) electrons. The van der Waals surface area contributed by atoms with Gasteiger partial charge in [0.25, 0.3) is 0 Å². The summed E-state index contributed by atoms with van der Waals surface area (Å²) in [6, 6.07) is 15.3. The van der Waals surface area contributed by atoms with Crippen LogP contribution in [0.3, 0.4) is 0 Å². The lowest BCUT2D eigenvalue weighted by Crippen LogP contribution is -2.37. The van der Waals surface area contributed by atoms with Gasteiger partial charge in [-0.1, -0.05) is 48.5 Å². The Morgan fingerprint density at radius 3 is 2.93 bits per heavy atom. The van der Waals surface area contributed by atoms with Crippen LogP contribution in [0.2, 0.25) is 0 Å². The molecular formula is C23H24N2O2S. The topological polar surface area (TPSA) is 41.9 Å². The third-order valence-electron chi connectivity index (χ3n) is 5.16. The van der Waals surface area contributed by atoms with Crippen molar-refractivity contribution in [1.29, 1.82) is 0 Å². The Labute approximate surface area is 170 Å². The van der Waals surface area contributed by atoms with Gasteiger partial charge in [0.05, 0.1) is 13.2 Å². The second-order valence-electron chi connectivity index (χ2n) is 6.95. The molecule has 0 N–H and O–H groups in total. The number of carbonyl (C=O) groups is 1. The number of hydrogen-bond acceptors (Lipinski definition) is 5. The average Bonchev–Trinajstić information content (AvgIpc) is 3.08. The normalized spacial score (nSPS) is 20.3. The van der Waals surface area contributed by atoms with E-state index in [-0.39, 0.29) is 17.4 Å². The third-order valence-corrected chi connectivity index (χ3v) is 6.45. The van der Waals surface area contributed by atoms with Crippen molar-refractivity contribution in [2.75, 3.05) is 12.9 Å². The molecule has 2 aromatic carbocycles. The van der Waals surface area contributed by atoms with E-state index in [0.717, 1.165) is 24.4 Å². The molecule has 28 heavy (non-hydrogen) atoms. The van der Waals surface area contributed by atoms with Gasteiger partial charge < -0.3 is 9.64 Å². The molecule has 0 saturated carbocycles. The second-order valence-corrected chi connectivity index (χ2v) is 8.17. The van der Waals surface area contributed by atoms with E-state index in [2.05, 4.69) is 65.7 Å². The number of allylic oxidation sites excluding steroid dienone is 2. The maximum atomic E-state index is 11.4. The summed E-state index contributed by atoms with van der Waals surface area (Å²) in [5.41, 5.74) is 1.35. The number of esters is 1. The lowest BCUT2D eigenvalue weighted by atomic mass is 9.98. The molecule has 2 unspecified atom stereocenters.